The van der Waals surface area contributed by atoms with E-state index in [1.54, 1.807) is 19.1 Å². The van der Waals surface area contributed by atoms with Gasteiger partial charge < -0.3 is 5.73 Å². The first-order valence-corrected chi connectivity index (χ1v) is 3.69. The van der Waals surface area contributed by atoms with Crippen molar-refractivity contribution in [2.45, 2.75) is 6.92 Å². The van der Waals surface area contributed by atoms with Crippen molar-refractivity contribution in [3.05, 3.63) is 35.1 Å². The molecule has 0 aliphatic heterocycles. The molecule has 0 bridgehead atoms. The highest BCUT2D eigenvalue weighted by Gasteiger charge is 1.95. The highest BCUT2D eigenvalue weighted by atomic mass is 19.1. The number of hydrogen-bond donors (Lipinski definition) is 1. The summed E-state index contributed by atoms with van der Waals surface area (Å²) in [7, 11) is 0. The van der Waals surface area contributed by atoms with Gasteiger partial charge in [0, 0.05) is 5.56 Å². The van der Waals surface area contributed by atoms with Crippen LogP contribution in [-0.4, -0.2) is 6.54 Å². The summed E-state index contributed by atoms with van der Waals surface area (Å²) in [6.07, 6.45) is 0. The number of halogens is 1. The Morgan fingerprint density at radius 1 is 1.50 bits per heavy atom. The highest BCUT2D eigenvalue weighted by Crippen LogP contribution is 2.07. The molecule has 0 saturated carbocycles. The van der Waals surface area contributed by atoms with E-state index >= 15 is 0 Å². The van der Waals surface area contributed by atoms with Crippen molar-refractivity contribution in [1.82, 2.24) is 0 Å². The molecular weight excluding hydrogens is 153 g/mol. The van der Waals surface area contributed by atoms with Crippen LogP contribution in [0.5, 0.6) is 0 Å². The molecule has 0 heterocycles. The van der Waals surface area contributed by atoms with Crippen molar-refractivity contribution >= 4 is 0 Å². The minimum atomic E-state index is -0.223. The van der Waals surface area contributed by atoms with E-state index in [4.69, 9.17) is 5.73 Å². The third-order valence-corrected chi connectivity index (χ3v) is 1.51. The largest absolute Gasteiger partial charge is 0.320 e. The quantitative estimate of drug-likeness (QED) is 0.575. The van der Waals surface area contributed by atoms with Crippen molar-refractivity contribution in [2.75, 3.05) is 6.54 Å². The van der Waals surface area contributed by atoms with Crippen LogP contribution in [0, 0.1) is 24.6 Å². The molecule has 0 amide bonds. The van der Waals surface area contributed by atoms with Gasteiger partial charge in [-0.15, -0.1) is 0 Å². The van der Waals surface area contributed by atoms with E-state index in [0.29, 0.717) is 17.7 Å². The van der Waals surface area contributed by atoms with Crippen LogP contribution < -0.4 is 5.73 Å². The Hall–Kier alpha value is -1.33. The Kier molecular flexibility index (Phi) is 2.84. The minimum Gasteiger partial charge on any atom is -0.320 e. The molecule has 1 aromatic rings. The van der Waals surface area contributed by atoms with Gasteiger partial charge in [0.15, 0.2) is 0 Å². The Bertz CT molecular complexity index is 333. The highest BCUT2D eigenvalue weighted by molar-refractivity contribution is 5.36. The number of hydrogen-bond acceptors (Lipinski definition) is 1. The van der Waals surface area contributed by atoms with Crippen molar-refractivity contribution in [3.63, 3.8) is 0 Å². The molecule has 2 N–H and O–H groups in total. The molecule has 0 aromatic heterocycles. The van der Waals surface area contributed by atoms with Crippen LogP contribution in [0.1, 0.15) is 11.1 Å². The molecule has 0 saturated heterocycles. The first-order valence-electron chi connectivity index (χ1n) is 3.69. The molecule has 1 rings (SSSR count). The molecule has 0 fully saturated rings. The summed E-state index contributed by atoms with van der Waals surface area (Å²) in [5, 5.41) is 0. The lowest BCUT2D eigenvalue weighted by molar-refractivity contribution is 0.618. The molecule has 12 heavy (non-hydrogen) atoms. The fraction of sp³-hybridized carbons (Fsp3) is 0.200. The third-order valence-electron chi connectivity index (χ3n) is 1.51. The number of aryl methyl sites for hydroxylation is 1. The molecule has 2 heteroatoms. The monoisotopic (exact) mass is 163 g/mol. The van der Waals surface area contributed by atoms with E-state index in [1.165, 1.54) is 6.07 Å². The zero-order valence-electron chi connectivity index (χ0n) is 6.89. The summed E-state index contributed by atoms with van der Waals surface area (Å²) < 4.78 is 12.9. The molecule has 0 unspecified atom stereocenters. The third kappa shape index (κ3) is 2.08. The van der Waals surface area contributed by atoms with Gasteiger partial charge in [-0.2, -0.15) is 0 Å². The van der Waals surface area contributed by atoms with Crippen molar-refractivity contribution in [3.8, 4) is 11.8 Å². The molecule has 1 aromatic carbocycles. The summed E-state index contributed by atoms with van der Waals surface area (Å²) in [5.41, 5.74) is 6.48. The Morgan fingerprint density at radius 3 is 2.83 bits per heavy atom. The molecule has 62 valence electrons. The summed E-state index contributed by atoms with van der Waals surface area (Å²) >= 11 is 0. The first-order chi connectivity index (χ1) is 5.74. The predicted molar refractivity (Wildman–Crippen MR) is 47.1 cm³/mol. The molecule has 0 atom stereocenters. The van der Waals surface area contributed by atoms with E-state index in [1.807, 2.05) is 0 Å². The minimum absolute atomic E-state index is 0.223. The van der Waals surface area contributed by atoms with Gasteiger partial charge in [0.1, 0.15) is 5.82 Å². The molecule has 0 radical (unpaired) electrons. The van der Waals surface area contributed by atoms with Gasteiger partial charge >= 0.3 is 0 Å². The molecule has 0 aliphatic carbocycles. The second-order valence-electron chi connectivity index (χ2n) is 2.47. The first kappa shape index (κ1) is 8.76. The van der Waals surface area contributed by atoms with Crippen LogP contribution in [0.25, 0.3) is 0 Å². The molecular formula is C10H10FN. The summed E-state index contributed by atoms with van der Waals surface area (Å²) in [5.74, 6) is 5.20. The van der Waals surface area contributed by atoms with Crippen LogP contribution in [0.15, 0.2) is 18.2 Å². The van der Waals surface area contributed by atoms with Crippen molar-refractivity contribution in [2.24, 2.45) is 5.73 Å². The summed E-state index contributed by atoms with van der Waals surface area (Å²) in [4.78, 5) is 0. The lowest BCUT2D eigenvalue weighted by Gasteiger charge is -1.94. The van der Waals surface area contributed by atoms with Gasteiger partial charge in [-0.05, 0) is 24.6 Å². The second-order valence-corrected chi connectivity index (χ2v) is 2.47. The van der Waals surface area contributed by atoms with Crippen LogP contribution in [-0.2, 0) is 0 Å². The van der Waals surface area contributed by atoms with Crippen LogP contribution in [0.2, 0.25) is 0 Å². The topological polar surface area (TPSA) is 26.0 Å². The Morgan fingerprint density at radius 2 is 2.25 bits per heavy atom. The average molecular weight is 163 g/mol. The second kappa shape index (κ2) is 3.89. The molecule has 0 spiro atoms. The van der Waals surface area contributed by atoms with Crippen molar-refractivity contribution < 1.29 is 4.39 Å². The van der Waals surface area contributed by atoms with E-state index in [-0.39, 0.29) is 5.82 Å². The normalized spacial score (nSPS) is 8.92. The van der Waals surface area contributed by atoms with E-state index in [2.05, 4.69) is 11.8 Å². The Balaban J connectivity index is 2.97. The van der Waals surface area contributed by atoms with Crippen LogP contribution in [0.3, 0.4) is 0 Å². The van der Waals surface area contributed by atoms with E-state index in [0.717, 1.165) is 0 Å². The molecule has 0 aliphatic rings. The number of benzene rings is 1. The smallest absolute Gasteiger partial charge is 0.127 e. The van der Waals surface area contributed by atoms with Gasteiger partial charge in [-0.3, -0.25) is 0 Å². The summed E-state index contributed by atoms with van der Waals surface area (Å²) in [6.45, 7) is 2.02. The van der Waals surface area contributed by atoms with Crippen molar-refractivity contribution in [1.29, 1.82) is 0 Å². The maximum Gasteiger partial charge on any atom is 0.127 e. The van der Waals surface area contributed by atoms with Gasteiger partial charge in [-0.25, -0.2) is 4.39 Å². The maximum atomic E-state index is 12.9. The maximum absolute atomic E-state index is 12.9. The predicted octanol–water partition coefficient (Wildman–Crippen LogP) is 1.44. The zero-order chi connectivity index (χ0) is 8.97. The Labute approximate surface area is 71.4 Å². The van der Waals surface area contributed by atoms with Gasteiger partial charge in [0.25, 0.3) is 0 Å². The average Bonchev–Trinajstić information content (AvgIpc) is 2.07. The molecule has 1 nitrogen and oxygen atoms in total. The fourth-order valence-electron chi connectivity index (χ4n) is 0.824. The van der Waals surface area contributed by atoms with Gasteiger partial charge in [0.2, 0.25) is 0 Å². The SMILES string of the molecule is Cc1ccc(C#CCN)cc1F. The zero-order valence-corrected chi connectivity index (χ0v) is 6.89. The van der Waals surface area contributed by atoms with Crippen LogP contribution >= 0.6 is 0 Å². The lowest BCUT2D eigenvalue weighted by Crippen LogP contribution is -1.93. The van der Waals surface area contributed by atoms with Gasteiger partial charge in [0.05, 0.1) is 6.54 Å². The van der Waals surface area contributed by atoms with E-state index in [9.17, 15) is 4.39 Å². The van der Waals surface area contributed by atoms with Gasteiger partial charge in [-0.1, -0.05) is 17.9 Å². The van der Waals surface area contributed by atoms with Crippen LogP contribution in [0.4, 0.5) is 4.39 Å². The van der Waals surface area contributed by atoms with E-state index < -0.39 is 0 Å². The lowest BCUT2D eigenvalue weighted by atomic mass is 10.1. The number of nitrogens with two attached hydrogens (primary N) is 1. The summed E-state index contributed by atoms with van der Waals surface area (Å²) in [6, 6.07) is 4.90. The number of rotatable bonds is 0. The fourth-order valence-corrected chi connectivity index (χ4v) is 0.824. The standard InChI is InChI=1S/C10H10FN/c1-8-4-5-9(3-2-6-12)7-10(8)11/h4-5,7H,6,12H2,1H3.